The highest BCUT2D eigenvalue weighted by Gasteiger charge is 2.21. The van der Waals surface area contributed by atoms with Crippen molar-refractivity contribution in [3.05, 3.63) is 48.0 Å². The number of nitrogens with one attached hydrogen (secondary N) is 1. The van der Waals surface area contributed by atoms with Gasteiger partial charge in [-0.2, -0.15) is 0 Å². The second-order valence-electron chi connectivity index (χ2n) is 8.97. The number of hydrogen-bond acceptors (Lipinski definition) is 3. The number of ether oxygens (including phenoxy) is 1. The maximum atomic E-state index is 12.5. The predicted molar refractivity (Wildman–Crippen MR) is 127 cm³/mol. The molecular formula is C26H34N2O4. The number of carboxylic acids is 1. The van der Waals surface area contributed by atoms with Crippen molar-refractivity contribution in [3.8, 4) is 16.9 Å². The molecule has 6 heteroatoms. The van der Waals surface area contributed by atoms with Crippen molar-refractivity contribution < 1.29 is 19.4 Å². The summed E-state index contributed by atoms with van der Waals surface area (Å²) in [6, 6.07) is 13.5. The van der Waals surface area contributed by atoms with E-state index in [1.54, 1.807) is 21.0 Å². The second kappa shape index (κ2) is 11.0. The van der Waals surface area contributed by atoms with E-state index in [1.807, 2.05) is 42.5 Å². The largest absolute Gasteiger partial charge is 0.490 e. The lowest BCUT2D eigenvalue weighted by Crippen LogP contribution is -2.28. The summed E-state index contributed by atoms with van der Waals surface area (Å²) in [6.45, 7) is 2.30. The van der Waals surface area contributed by atoms with Crippen LogP contribution in [0.3, 0.4) is 0 Å². The predicted octanol–water partition coefficient (Wildman–Crippen LogP) is 5.67. The van der Waals surface area contributed by atoms with Crippen LogP contribution in [-0.2, 0) is 11.2 Å². The molecule has 172 valence electrons. The van der Waals surface area contributed by atoms with Gasteiger partial charge in [0.05, 0.1) is 18.2 Å². The molecule has 0 radical (unpaired) electrons. The van der Waals surface area contributed by atoms with Gasteiger partial charge in [-0.05, 0) is 48.4 Å². The van der Waals surface area contributed by atoms with Gasteiger partial charge in [-0.15, -0.1) is 0 Å². The van der Waals surface area contributed by atoms with E-state index in [4.69, 9.17) is 4.74 Å². The van der Waals surface area contributed by atoms with Gasteiger partial charge in [-0.25, -0.2) is 4.79 Å². The van der Waals surface area contributed by atoms with Crippen molar-refractivity contribution in [2.45, 2.75) is 45.4 Å². The molecule has 1 atom stereocenters. The van der Waals surface area contributed by atoms with Crippen LogP contribution in [0.5, 0.6) is 5.75 Å². The van der Waals surface area contributed by atoms with E-state index >= 15 is 0 Å². The van der Waals surface area contributed by atoms with Gasteiger partial charge < -0.3 is 20.1 Å². The van der Waals surface area contributed by atoms with Crippen LogP contribution >= 0.6 is 0 Å². The molecule has 1 unspecified atom stereocenters. The lowest BCUT2D eigenvalue weighted by atomic mass is 9.90. The first-order valence-corrected chi connectivity index (χ1v) is 11.4. The van der Waals surface area contributed by atoms with Gasteiger partial charge in [0.1, 0.15) is 0 Å². The number of hydrogen-bond donors (Lipinski definition) is 2. The zero-order valence-corrected chi connectivity index (χ0v) is 19.3. The molecule has 0 saturated heterocycles. The molecule has 6 nitrogen and oxygen atoms in total. The molecule has 1 aliphatic carbocycles. The van der Waals surface area contributed by atoms with E-state index in [0.717, 1.165) is 29.5 Å². The molecule has 0 heterocycles. The first kappa shape index (κ1) is 23.6. The van der Waals surface area contributed by atoms with Gasteiger partial charge in [0.2, 0.25) is 0 Å². The number of carboxylic acid groups (broad SMARTS) is 1. The molecule has 0 spiro atoms. The topological polar surface area (TPSA) is 78.9 Å². The summed E-state index contributed by atoms with van der Waals surface area (Å²) in [4.78, 5) is 25.5. The Morgan fingerprint density at radius 1 is 1.12 bits per heavy atom. The molecule has 1 aliphatic rings. The fourth-order valence-corrected chi connectivity index (χ4v) is 4.11. The first-order chi connectivity index (χ1) is 15.3. The van der Waals surface area contributed by atoms with Crippen LogP contribution in [0.2, 0.25) is 0 Å². The number of rotatable bonds is 8. The van der Waals surface area contributed by atoms with E-state index in [1.165, 1.54) is 24.2 Å². The second-order valence-corrected chi connectivity index (χ2v) is 8.97. The fraction of sp³-hybridized carbons (Fsp3) is 0.462. The molecule has 1 saturated carbocycles. The summed E-state index contributed by atoms with van der Waals surface area (Å²) in [6.07, 6.45) is 6.43. The van der Waals surface area contributed by atoms with Crippen molar-refractivity contribution >= 4 is 17.7 Å². The molecule has 2 aromatic carbocycles. The van der Waals surface area contributed by atoms with Crippen molar-refractivity contribution in [1.29, 1.82) is 0 Å². The van der Waals surface area contributed by atoms with Crippen LogP contribution in [0.25, 0.3) is 11.1 Å². The number of nitrogens with zero attached hydrogens (tertiary/aromatic N) is 1. The van der Waals surface area contributed by atoms with Gasteiger partial charge in [-0.1, -0.05) is 56.5 Å². The zero-order valence-electron chi connectivity index (χ0n) is 19.3. The van der Waals surface area contributed by atoms with Gasteiger partial charge in [0, 0.05) is 19.7 Å². The molecule has 0 aromatic heterocycles. The third-order valence-electron chi connectivity index (χ3n) is 6.03. The summed E-state index contributed by atoms with van der Waals surface area (Å²) >= 11 is 0. The molecule has 2 aromatic rings. The molecule has 2 amide bonds. The Morgan fingerprint density at radius 3 is 2.44 bits per heavy atom. The van der Waals surface area contributed by atoms with Gasteiger partial charge >= 0.3 is 12.0 Å². The van der Waals surface area contributed by atoms with Crippen molar-refractivity contribution in [1.82, 2.24) is 4.90 Å². The maximum Gasteiger partial charge on any atom is 0.321 e. The van der Waals surface area contributed by atoms with Crippen molar-refractivity contribution in [3.63, 3.8) is 0 Å². The van der Waals surface area contributed by atoms with E-state index in [9.17, 15) is 14.7 Å². The van der Waals surface area contributed by atoms with Crippen LogP contribution in [-0.4, -0.2) is 42.7 Å². The summed E-state index contributed by atoms with van der Waals surface area (Å²) in [5, 5.41) is 12.4. The first-order valence-electron chi connectivity index (χ1n) is 11.4. The van der Waals surface area contributed by atoms with E-state index in [2.05, 4.69) is 5.32 Å². The molecule has 0 aliphatic heterocycles. The highest BCUT2D eigenvalue weighted by Crippen LogP contribution is 2.40. The Bertz CT molecular complexity index is 921. The van der Waals surface area contributed by atoms with Crippen LogP contribution in [0.4, 0.5) is 10.5 Å². The van der Waals surface area contributed by atoms with Crippen LogP contribution in [0.15, 0.2) is 42.5 Å². The lowest BCUT2D eigenvalue weighted by molar-refractivity contribution is -0.141. The van der Waals surface area contributed by atoms with Gasteiger partial charge in [-0.3, -0.25) is 4.79 Å². The minimum Gasteiger partial charge on any atom is -0.490 e. The smallest absolute Gasteiger partial charge is 0.321 e. The fourth-order valence-electron chi connectivity index (χ4n) is 4.11. The van der Waals surface area contributed by atoms with Crippen molar-refractivity contribution in [2.75, 3.05) is 26.0 Å². The summed E-state index contributed by atoms with van der Waals surface area (Å²) in [5.74, 6) is -0.229. The number of anilines is 1. The summed E-state index contributed by atoms with van der Waals surface area (Å²) < 4.78 is 6.40. The Hall–Kier alpha value is -3.02. The average Bonchev–Trinajstić information content (AvgIpc) is 2.79. The number of aliphatic carboxylic acids is 1. The number of carbonyl (C=O) groups excluding carboxylic acids is 1. The minimum atomic E-state index is -0.845. The third-order valence-corrected chi connectivity index (χ3v) is 6.03. The van der Waals surface area contributed by atoms with Crippen molar-refractivity contribution in [2.24, 2.45) is 11.8 Å². The van der Waals surface area contributed by atoms with E-state index < -0.39 is 11.9 Å². The normalized spacial score (nSPS) is 15.1. The van der Waals surface area contributed by atoms with Gasteiger partial charge in [0.25, 0.3) is 0 Å². The number of benzene rings is 2. The Labute approximate surface area is 190 Å². The van der Waals surface area contributed by atoms with Crippen LogP contribution < -0.4 is 10.1 Å². The van der Waals surface area contributed by atoms with Gasteiger partial charge in [0.15, 0.2) is 5.75 Å². The third kappa shape index (κ3) is 6.25. The van der Waals surface area contributed by atoms with Crippen LogP contribution in [0, 0.1) is 11.8 Å². The maximum absolute atomic E-state index is 12.5. The SMILES string of the molecule is CC(Cc1cc(NC(=O)N(C)C)c(OCC2CCCCC2)c(-c2ccccc2)c1)C(=O)O. The average molecular weight is 439 g/mol. The number of carbonyl (C=O) groups is 2. The zero-order chi connectivity index (χ0) is 23.1. The molecular weight excluding hydrogens is 404 g/mol. The van der Waals surface area contributed by atoms with Crippen LogP contribution in [0.1, 0.15) is 44.6 Å². The highest BCUT2D eigenvalue weighted by atomic mass is 16.5. The highest BCUT2D eigenvalue weighted by molar-refractivity contribution is 5.93. The Morgan fingerprint density at radius 2 is 1.81 bits per heavy atom. The Kier molecular flexibility index (Phi) is 8.14. The molecule has 2 N–H and O–H groups in total. The van der Waals surface area contributed by atoms with E-state index in [-0.39, 0.29) is 6.03 Å². The number of amides is 2. The summed E-state index contributed by atoms with van der Waals surface area (Å²) in [5.41, 5.74) is 3.26. The molecule has 32 heavy (non-hydrogen) atoms. The Balaban J connectivity index is 2.03. The lowest BCUT2D eigenvalue weighted by Gasteiger charge is -2.25. The minimum absolute atomic E-state index is 0.255. The summed E-state index contributed by atoms with van der Waals surface area (Å²) in [7, 11) is 3.37. The van der Waals surface area contributed by atoms with E-state index in [0.29, 0.717) is 30.4 Å². The quantitative estimate of drug-likeness (QED) is 0.557. The molecule has 0 bridgehead atoms. The molecule has 3 rings (SSSR count). The molecule has 1 fully saturated rings. The monoisotopic (exact) mass is 438 g/mol. The standard InChI is InChI=1S/C26H34N2O4/c1-18(25(29)30)14-20-15-22(21-12-8-5-9-13-21)24(23(16-20)27-26(31)28(2)3)32-17-19-10-6-4-7-11-19/h5,8-9,12-13,15-16,18-19H,4,6-7,10-11,14,17H2,1-3H3,(H,27,31)(H,29,30). The number of urea groups is 1.